The Labute approximate surface area is 132 Å². The normalized spacial score (nSPS) is 24.8. The number of allylic oxidation sites excluding steroid dienone is 1. The number of hydrogen-bond donors (Lipinski definition) is 0. The zero-order valence-electron chi connectivity index (χ0n) is 13.5. The van der Waals surface area contributed by atoms with E-state index in [4.69, 9.17) is 0 Å². The summed E-state index contributed by atoms with van der Waals surface area (Å²) in [6, 6.07) is 2.97. The first kappa shape index (κ1) is 15.7. The van der Waals surface area contributed by atoms with Gasteiger partial charge in [-0.3, -0.25) is 0 Å². The molecule has 0 unspecified atom stereocenters. The van der Waals surface area contributed by atoms with E-state index in [2.05, 4.69) is 13.0 Å². The number of halogens is 2. The Morgan fingerprint density at radius 2 is 1.73 bits per heavy atom. The van der Waals surface area contributed by atoms with Gasteiger partial charge in [0.1, 0.15) is 0 Å². The summed E-state index contributed by atoms with van der Waals surface area (Å²) in [7, 11) is 0. The SMILES string of the molecule is CCC1CCC(CCC2=Cc3ccc(F)c(F)c3CC2)CC1. The third-order valence-electron chi connectivity index (χ3n) is 5.71. The second-order valence-electron chi connectivity index (χ2n) is 7.07. The van der Waals surface area contributed by atoms with Crippen LogP contribution in [-0.4, -0.2) is 0 Å². The summed E-state index contributed by atoms with van der Waals surface area (Å²) in [5, 5.41) is 0. The summed E-state index contributed by atoms with van der Waals surface area (Å²) >= 11 is 0. The maximum atomic E-state index is 13.8. The van der Waals surface area contributed by atoms with Gasteiger partial charge >= 0.3 is 0 Å². The fourth-order valence-corrected chi connectivity index (χ4v) is 4.09. The van der Waals surface area contributed by atoms with Crippen LogP contribution >= 0.6 is 0 Å². The zero-order chi connectivity index (χ0) is 15.5. The molecule has 0 saturated heterocycles. The summed E-state index contributed by atoms with van der Waals surface area (Å²) in [4.78, 5) is 0. The van der Waals surface area contributed by atoms with Crippen molar-refractivity contribution in [2.75, 3.05) is 0 Å². The van der Waals surface area contributed by atoms with Crippen LogP contribution in [0.4, 0.5) is 8.78 Å². The van der Waals surface area contributed by atoms with Gasteiger partial charge < -0.3 is 0 Å². The van der Waals surface area contributed by atoms with E-state index in [1.165, 1.54) is 50.2 Å². The highest BCUT2D eigenvalue weighted by atomic mass is 19.2. The molecule has 2 aliphatic rings. The van der Waals surface area contributed by atoms with Crippen molar-refractivity contribution in [1.82, 2.24) is 0 Å². The molecule has 0 N–H and O–H groups in total. The van der Waals surface area contributed by atoms with Crippen LogP contribution in [0.1, 0.15) is 69.4 Å². The summed E-state index contributed by atoms with van der Waals surface area (Å²) in [6.07, 6.45) is 12.9. The second-order valence-corrected chi connectivity index (χ2v) is 7.07. The fourth-order valence-electron chi connectivity index (χ4n) is 4.09. The van der Waals surface area contributed by atoms with Gasteiger partial charge in [-0.15, -0.1) is 0 Å². The lowest BCUT2D eigenvalue weighted by Gasteiger charge is -2.28. The van der Waals surface area contributed by atoms with Gasteiger partial charge in [0.25, 0.3) is 0 Å². The largest absolute Gasteiger partial charge is 0.204 e. The maximum absolute atomic E-state index is 13.8. The molecule has 120 valence electrons. The van der Waals surface area contributed by atoms with Gasteiger partial charge in [0.2, 0.25) is 0 Å². The molecule has 0 heterocycles. The Bertz CT molecular complexity index is 551. The predicted octanol–water partition coefficient (Wildman–Crippen LogP) is 6.29. The van der Waals surface area contributed by atoms with Crippen molar-refractivity contribution in [2.45, 2.75) is 64.7 Å². The molecule has 0 bridgehead atoms. The Kier molecular flexibility index (Phi) is 4.95. The molecular weight excluding hydrogens is 278 g/mol. The molecular formula is C20H26F2. The number of benzene rings is 1. The highest BCUT2D eigenvalue weighted by Crippen LogP contribution is 2.35. The monoisotopic (exact) mass is 304 g/mol. The number of fused-ring (bicyclic) bond motifs is 1. The van der Waals surface area contributed by atoms with Gasteiger partial charge in [-0.05, 0) is 54.7 Å². The van der Waals surface area contributed by atoms with E-state index in [1.54, 1.807) is 6.07 Å². The molecule has 0 nitrogen and oxygen atoms in total. The average molecular weight is 304 g/mol. The molecule has 3 rings (SSSR count). The average Bonchev–Trinajstić information content (AvgIpc) is 2.57. The van der Waals surface area contributed by atoms with Crippen LogP contribution in [0.3, 0.4) is 0 Å². The van der Waals surface area contributed by atoms with Crippen molar-refractivity contribution >= 4 is 6.08 Å². The summed E-state index contributed by atoms with van der Waals surface area (Å²) in [5.41, 5.74) is 2.86. The van der Waals surface area contributed by atoms with E-state index in [9.17, 15) is 8.78 Å². The molecule has 0 amide bonds. The maximum Gasteiger partial charge on any atom is 0.162 e. The first-order valence-corrected chi connectivity index (χ1v) is 8.83. The van der Waals surface area contributed by atoms with E-state index in [0.29, 0.717) is 12.0 Å². The molecule has 1 aromatic carbocycles. The standard InChI is InChI=1S/C20H26F2/c1-2-14-3-5-15(6-4-14)7-8-16-9-11-18-17(13-16)10-12-19(21)20(18)22/h10,12-15H,2-9,11H2,1H3. The minimum atomic E-state index is -0.719. The lowest BCUT2D eigenvalue weighted by atomic mass is 9.78. The fraction of sp³-hybridized carbons (Fsp3) is 0.600. The van der Waals surface area contributed by atoms with Crippen LogP contribution in [0.2, 0.25) is 0 Å². The summed E-state index contributed by atoms with van der Waals surface area (Å²) < 4.78 is 27.0. The van der Waals surface area contributed by atoms with Crippen LogP contribution in [0.5, 0.6) is 0 Å². The smallest absolute Gasteiger partial charge is 0.162 e. The van der Waals surface area contributed by atoms with Gasteiger partial charge in [-0.1, -0.05) is 56.7 Å². The quantitative estimate of drug-likeness (QED) is 0.613. The lowest BCUT2D eigenvalue weighted by Crippen LogP contribution is -2.14. The Morgan fingerprint density at radius 1 is 1.00 bits per heavy atom. The van der Waals surface area contributed by atoms with Crippen LogP contribution in [0.15, 0.2) is 17.7 Å². The van der Waals surface area contributed by atoms with Crippen LogP contribution in [-0.2, 0) is 6.42 Å². The molecule has 0 spiro atoms. The molecule has 0 atom stereocenters. The molecule has 2 heteroatoms. The first-order chi connectivity index (χ1) is 10.7. The predicted molar refractivity (Wildman–Crippen MR) is 87.6 cm³/mol. The molecule has 2 aliphatic carbocycles. The van der Waals surface area contributed by atoms with Crippen molar-refractivity contribution in [3.8, 4) is 0 Å². The molecule has 22 heavy (non-hydrogen) atoms. The van der Waals surface area contributed by atoms with E-state index in [0.717, 1.165) is 30.2 Å². The number of rotatable bonds is 4. The Balaban J connectivity index is 1.58. The van der Waals surface area contributed by atoms with Crippen molar-refractivity contribution in [1.29, 1.82) is 0 Å². The molecule has 1 fully saturated rings. The van der Waals surface area contributed by atoms with Gasteiger partial charge in [0.15, 0.2) is 11.6 Å². The second kappa shape index (κ2) is 6.93. The summed E-state index contributed by atoms with van der Waals surface area (Å²) in [6.45, 7) is 2.30. The Hall–Kier alpha value is -1.18. The van der Waals surface area contributed by atoms with Gasteiger partial charge in [-0.2, -0.15) is 0 Å². The molecule has 1 aromatic rings. The zero-order valence-corrected chi connectivity index (χ0v) is 13.5. The topological polar surface area (TPSA) is 0 Å². The Morgan fingerprint density at radius 3 is 2.45 bits per heavy atom. The van der Waals surface area contributed by atoms with Gasteiger partial charge in [0.05, 0.1) is 0 Å². The third kappa shape index (κ3) is 3.42. The summed E-state index contributed by atoms with van der Waals surface area (Å²) in [5.74, 6) is 0.457. The first-order valence-electron chi connectivity index (χ1n) is 8.83. The highest BCUT2D eigenvalue weighted by molar-refractivity contribution is 5.59. The molecule has 0 aromatic heterocycles. The molecule has 0 aliphatic heterocycles. The van der Waals surface area contributed by atoms with Crippen molar-refractivity contribution < 1.29 is 8.78 Å². The third-order valence-corrected chi connectivity index (χ3v) is 5.71. The van der Waals surface area contributed by atoms with E-state index >= 15 is 0 Å². The van der Waals surface area contributed by atoms with E-state index in [-0.39, 0.29) is 0 Å². The van der Waals surface area contributed by atoms with Gasteiger partial charge in [-0.25, -0.2) is 8.78 Å². The van der Waals surface area contributed by atoms with Crippen LogP contribution in [0.25, 0.3) is 6.08 Å². The molecule has 1 saturated carbocycles. The van der Waals surface area contributed by atoms with Crippen molar-refractivity contribution in [3.63, 3.8) is 0 Å². The van der Waals surface area contributed by atoms with Crippen LogP contribution < -0.4 is 0 Å². The lowest BCUT2D eigenvalue weighted by molar-refractivity contribution is 0.258. The van der Waals surface area contributed by atoms with Crippen molar-refractivity contribution in [2.24, 2.45) is 11.8 Å². The van der Waals surface area contributed by atoms with Gasteiger partial charge in [0, 0.05) is 0 Å². The van der Waals surface area contributed by atoms with Crippen molar-refractivity contribution in [3.05, 3.63) is 40.5 Å². The highest BCUT2D eigenvalue weighted by Gasteiger charge is 2.21. The van der Waals surface area contributed by atoms with E-state index < -0.39 is 11.6 Å². The van der Waals surface area contributed by atoms with E-state index in [1.807, 2.05) is 0 Å². The minimum Gasteiger partial charge on any atom is -0.204 e. The minimum absolute atomic E-state index is 0.562. The number of hydrogen-bond acceptors (Lipinski definition) is 0. The van der Waals surface area contributed by atoms with Crippen LogP contribution in [0, 0.1) is 23.5 Å². The molecule has 0 radical (unpaired) electrons.